The third-order valence-corrected chi connectivity index (χ3v) is 5.09. The lowest BCUT2D eigenvalue weighted by Gasteiger charge is -2.25. The molecule has 0 radical (unpaired) electrons. The maximum absolute atomic E-state index is 6.74. The standard InChI is InChI=1S/C18H22ClNO2/c1-12-14(18(19)13-7-4-3-5-8-13)11-16(22-12)15-9-6-10-17(20-15)21-2/h6,9-11,13,18H,3-5,7-8H2,1-2H3. The Morgan fingerprint density at radius 2 is 2.05 bits per heavy atom. The molecule has 3 nitrogen and oxygen atoms in total. The van der Waals surface area contributed by atoms with Crippen molar-refractivity contribution in [3.8, 4) is 17.3 Å². The molecule has 2 heterocycles. The number of hydrogen-bond acceptors (Lipinski definition) is 3. The van der Waals surface area contributed by atoms with Gasteiger partial charge in [-0.3, -0.25) is 0 Å². The van der Waals surface area contributed by atoms with Crippen molar-refractivity contribution in [1.29, 1.82) is 0 Å². The van der Waals surface area contributed by atoms with E-state index in [-0.39, 0.29) is 5.38 Å². The van der Waals surface area contributed by atoms with Crippen molar-refractivity contribution >= 4 is 11.6 Å². The van der Waals surface area contributed by atoms with Crippen molar-refractivity contribution in [2.45, 2.75) is 44.4 Å². The first kappa shape index (κ1) is 15.4. The highest BCUT2D eigenvalue weighted by atomic mass is 35.5. The van der Waals surface area contributed by atoms with E-state index in [1.807, 2.05) is 31.2 Å². The molecule has 2 aromatic heterocycles. The average Bonchev–Trinajstić information content (AvgIpc) is 2.97. The molecular formula is C18H22ClNO2. The van der Waals surface area contributed by atoms with Crippen LogP contribution in [0.25, 0.3) is 11.5 Å². The topological polar surface area (TPSA) is 35.3 Å². The molecule has 1 fully saturated rings. The normalized spacial score (nSPS) is 17.4. The highest BCUT2D eigenvalue weighted by Gasteiger charge is 2.26. The largest absolute Gasteiger partial charge is 0.481 e. The van der Waals surface area contributed by atoms with E-state index in [4.69, 9.17) is 20.8 Å². The second-order valence-electron chi connectivity index (χ2n) is 5.99. The maximum atomic E-state index is 6.74. The lowest BCUT2D eigenvalue weighted by atomic mass is 9.84. The van der Waals surface area contributed by atoms with Gasteiger partial charge in [-0.1, -0.05) is 25.3 Å². The lowest BCUT2D eigenvalue weighted by Crippen LogP contribution is -2.12. The van der Waals surface area contributed by atoms with E-state index in [1.54, 1.807) is 7.11 Å². The Morgan fingerprint density at radius 3 is 2.77 bits per heavy atom. The molecule has 0 aliphatic heterocycles. The Labute approximate surface area is 136 Å². The second-order valence-corrected chi connectivity index (χ2v) is 6.46. The number of furan rings is 1. The summed E-state index contributed by atoms with van der Waals surface area (Å²) in [5, 5.41) is 0.0309. The molecule has 0 bridgehead atoms. The molecule has 1 aliphatic carbocycles. The summed E-state index contributed by atoms with van der Waals surface area (Å²) < 4.78 is 11.1. The van der Waals surface area contributed by atoms with E-state index in [9.17, 15) is 0 Å². The molecule has 0 N–H and O–H groups in total. The Balaban J connectivity index is 1.86. The molecule has 0 spiro atoms. The van der Waals surface area contributed by atoms with Gasteiger partial charge in [0.1, 0.15) is 11.5 Å². The number of ether oxygens (including phenoxy) is 1. The number of hydrogen-bond donors (Lipinski definition) is 0. The van der Waals surface area contributed by atoms with Crippen molar-refractivity contribution in [1.82, 2.24) is 4.98 Å². The Kier molecular flexibility index (Phi) is 4.72. The van der Waals surface area contributed by atoms with Crippen LogP contribution in [0.3, 0.4) is 0 Å². The monoisotopic (exact) mass is 319 g/mol. The number of methoxy groups -OCH3 is 1. The molecule has 1 atom stereocenters. The molecule has 1 saturated carbocycles. The van der Waals surface area contributed by atoms with E-state index in [0.29, 0.717) is 11.8 Å². The predicted molar refractivity (Wildman–Crippen MR) is 88.4 cm³/mol. The van der Waals surface area contributed by atoms with E-state index < -0.39 is 0 Å². The van der Waals surface area contributed by atoms with Crippen LogP contribution in [-0.2, 0) is 0 Å². The molecule has 2 aromatic rings. The third kappa shape index (κ3) is 3.14. The number of pyridine rings is 1. The van der Waals surface area contributed by atoms with Crippen molar-refractivity contribution in [2.75, 3.05) is 7.11 Å². The smallest absolute Gasteiger partial charge is 0.213 e. The molecule has 0 saturated heterocycles. The van der Waals surface area contributed by atoms with Gasteiger partial charge in [0.2, 0.25) is 5.88 Å². The molecule has 4 heteroatoms. The van der Waals surface area contributed by atoms with Gasteiger partial charge in [0.25, 0.3) is 0 Å². The van der Waals surface area contributed by atoms with E-state index >= 15 is 0 Å². The fourth-order valence-electron chi connectivity index (χ4n) is 3.24. The van der Waals surface area contributed by atoms with Crippen LogP contribution in [0.2, 0.25) is 0 Å². The molecule has 0 aromatic carbocycles. The van der Waals surface area contributed by atoms with Gasteiger partial charge in [0.05, 0.1) is 12.5 Å². The van der Waals surface area contributed by atoms with Gasteiger partial charge in [-0.2, -0.15) is 0 Å². The molecule has 0 amide bonds. The first-order chi connectivity index (χ1) is 10.7. The van der Waals surface area contributed by atoms with E-state index in [2.05, 4.69) is 4.98 Å². The van der Waals surface area contributed by atoms with Crippen LogP contribution in [0.1, 0.15) is 48.8 Å². The quantitative estimate of drug-likeness (QED) is 0.696. The summed E-state index contributed by atoms with van der Waals surface area (Å²) in [6.45, 7) is 1.98. The molecule has 22 heavy (non-hydrogen) atoms. The number of aromatic nitrogens is 1. The van der Waals surface area contributed by atoms with Gasteiger partial charge in [-0.05, 0) is 37.8 Å². The first-order valence-electron chi connectivity index (χ1n) is 7.95. The van der Waals surface area contributed by atoms with Gasteiger partial charge in [-0.25, -0.2) is 4.98 Å². The fourth-order valence-corrected chi connectivity index (χ4v) is 3.71. The predicted octanol–water partition coefficient (Wildman–Crippen LogP) is 5.52. The summed E-state index contributed by atoms with van der Waals surface area (Å²) in [7, 11) is 1.61. The zero-order valence-corrected chi connectivity index (χ0v) is 13.9. The van der Waals surface area contributed by atoms with Crippen LogP contribution in [-0.4, -0.2) is 12.1 Å². The summed E-state index contributed by atoms with van der Waals surface area (Å²) in [4.78, 5) is 4.43. The van der Waals surface area contributed by atoms with E-state index in [0.717, 1.165) is 22.8 Å². The summed E-state index contributed by atoms with van der Waals surface area (Å²) in [6.07, 6.45) is 6.34. The van der Waals surface area contributed by atoms with Crippen LogP contribution in [0.15, 0.2) is 28.7 Å². The number of aryl methyl sites for hydroxylation is 1. The Hall–Kier alpha value is -1.48. The number of halogens is 1. The summed E-state index contributed by atoms with van der Waals surface area (Å²) >= 11 is 6.74. The first-order valence-corrected chi connectivity index (χ1v) is 8.38. The minimum absolute atomic E-state index is 0.0309. The highest BCUT2D eigenvalue weighted by molar-refractivity contribution is 6.21. The minimum atomic E-state index is 0.0309. The van der Waals surface area contributed by atoms with Crippen LogP contribution in [0, 0.1) is 12.8 Å². The molecular weight excluding hydrogens is 298 g/mol. The summed E-state index contributed by atoms with van der Waals surface area (Å²) in [6, 6.07) is 7.71. The van der Waals surface area contributed by atoms with Gasteiger partial charge < -0.3 is 9.15 Å². The summed E-state index contributed by atoms with van der Waals surface area (Å²) in [5.74, 6) is 2.79. The number of nitrogens with zero attached hydrogens (tertiary/aromatic N) is 1. The molecule has 118 valence electrons. The van der Waals surface area contributed by atoms with Gasteiger partial charge in [0.15, 0.2) is 5.76 Å². The highest BCUT2D eigenvalue weighted by Crippen LogP contribution is 2.41. The SMILES string of the molecule is COc1cccc(-c2cc(C(Cl)C3CCCCC3)c(C)o2)n1. The van der Waals surface area contributed by atoms with Crippen molar-refractivity contribution in [3.63, 3.8) is 0 Å². The van der Waals surface area contributed by atoms with Crippen molar-refractivity contribution in [3.05, 3.63) is 35.6 Å². The summed E-state index contributed by atoms with van der Waals surface area (Å²) in [5.41, 5.74) is 1.88. The van der Waals surface area contributed by atoms with E-state index in [1.165, 1.54) is 32.1 Å². The molecule has 1 aliphatic rings. The Bertz CT molecular complexity index is 632. The lowest BCUT2D eigenvalue weighted by molar-refractivity contribution is 0.346. The van der Waals surface area contributed by atoms with Crippen LogP contribution >= 0.6 is 11.6 Å². The van der Waals surface area contributed by atoms with Crippen LogP contribution < -0.4 is 4.74 Å². The minimum Gasteiger partial charge on any atom is -0.481 e. The van der Waals surface area contributed by atoms with Crippen LogP contribution in [0.5, 0.6) is 5.88 Å². The number of rotatable bonds is 4. The maximum Gasteiger partial charge on any atom is 0.213 e. The zero-order chi connectivity index (χ0) is 15.5. The molecule has 3 rings (SSSR count). The second kappa shape index (κ2) is 6.74. The average molecular weight is 320 g/mol. The zero-order valence-electron chi connectivity index (χ0n) is 13.1. The van der Waals surface area contributed by atoms with Crippen molar-refractivity contribution in [2.24, 2.45) is 5.92 Å². The van der Waals surface area contributed by atoms with Crippen molar-refractivity contribution < 1.29 is 9.15 Å². The third-order valence-electron chi connectivity index (χ3n) is 4.50. The molecule has 1 unspecified atom stereocenters. The van der Waals surface area contributed by atoms with Gasteiger partial charge >= 0.3 is 0 Å². The van der Waals surface area contributed by atoms with Gasteiger partial charge in [0, 0.05) is 11.6 Å². The van der Waals surface area contributed by atoms with Gasteiger partial charge in [-0.15, -0.1) is 11.6 Å². The number of alkyl halides is 1. The fraction of sp³-hybridized carbons (Fsp3) is 0.500. The Morgan fingerprint density at radius 1 is 1.27 bits per heavy atom. The van der Waals surface area contributed by atoms with Crippen LogP contribution in [0.4, 0.5) is 0 Å².